The molecule has 0 fully saturated rings. The summed E-state index contributed by atoms with van der Waals surface area (Å²) in [5.41, 5.74) is 1.51. The number of fused-ring (bicyclic) bond motifs is 2. The van der Waals surface area contributed by atoms with E-state index in [1.54, 1.807) is 36.4 Å². The van der Waals surface area contributed by atoms with Crippen LogP contribution in [0.5, 0.6) is 17.2 Å². The first kappa shape index (κ1) is 15.3. The molecule has 4 rings (SSSR count). The van der Waals surface area contributed by atoms with Crippen molar-refractivity contribution in [1.29, 1.82) is 0 Å². The number of hydrogen-bond acceptors (Lipinski definition) is 5. The Bertz CT molecular complexity index is 849. The number of nitrogens with one attached hydrogen (secondary N) is 2. The molecule has 7 nitrogen and oxygen atoms in total. The lowest BCUT2D eigenvalue weighted by molar-refractivity contribution is -0.118. The standard InChI is InChI=1S/C18H16N2O5/c21-17-10-25-14-4-2-11(8-13(14)20-17)18(22)19-12-3-5-15-16(9-12)24-7-1-6-23-15/h2-5,8-9H,1,6-7,10H2,(H,19,22)(H,20,21). The van der Waals surface area contributed by atoms with Gasteiger partial charge in [0, 0.05) is 23.7 Å². The van der Waals surface area contributed by atoms with Gasteiger partial charge in [0.15, 0.2) is 18.1 Å². The summed E-state index contributed by atoms with van der Waals surface area (Å²) in [4.78, 5) is 23.9. The molecule has 2 aliphatic rings. The Hall–Kier alpha value is -3.22. The van der Waals surface area contributed by atoms with Crippen LogP contribution >= 0.6 is 0 Å². The van der Waals surface area contributed by atoms with Gasteiger partial charge in [-0.2, -0.15) is 0 Å². The Kier molecular flexibility index (Phi) is 3.89. The van der Waals surface area contributed by atoms with Gasteiger partial charge in [0.2, 0.25) is 0 Å². The van der Waals surface area contributed by atoms with Crippen LogP contribution in [0.15, 0.2) is 36.4 Å². The minimum Gasteiger partial charge on any atom is -0.490 e. The molecule has 0 aliphatic carbocycles. The maximum atomic E-state index is 12.5. The highest BCUT2D eigenvalue weighted by Gasteiger charge is 2.18. The number of anilines is 2. The Balaban J connectivity index is 1.53. The maximum absolute atomic E-state index is 12.5. The van der Waals surface area contributed by atoms with Crippen LogP contribution in [0.2, 0.25) is 0 Å². The van der Waals surface area contributed by atoms with Crippen molar-refractivity contribution in [3.8, 4) is 17.2 Å². The first-order chi connectivity index (χ1) is 12.2. The number of amides is 2. The van der Waals surface area contributed by atoms with E-state index in [1.807, 2.05) is 0 Å². The summed E-state index contributed by atoms with van der Waals surface area (Å²) >= 11 is 0. The van der Waals surface area contributed by atoms with Crippen molar-refractivity contribution in [2.75, 3.05) is 30.5 Å². The molecule has 25 heavy (non-hydrogen) atoms. The lowest BCUT2D eigenvalue weighted by Gasteiger charge is -2.18. The second-order valence-corrected chi connectivity index (χ2v) is 5.71. The smallest absolute Gasteiger partial charge is 0.262 e. The third-order valence-corrected chi connectivity index (χ3v) is 3.88. The first-order valence-corrected chi connectivity index (χ1v) is 7.97. The highest BCUT2D eigenvalue weighted by atomic mass is 16.5. The molecule has 2 amide bonds. The number of hydrogen-bond donors (Lipinski definition) is 2. The van der Waals surface area contributed by atoms with Crippen molar-refractivity contribution in [1.82, 2.24) is 0 Å². The largest absolute Gasteiger partial charge is 0.490 e. The zero-order chi connectivity index (χ0) is 17.2. The quantitative estimate of drug-likeness (QED) is 0.877. The van der Waals surface area contributed by atoms with Crippen LogP contribution in [0.25, 0.3) is 0 Å². The summed E-state index contributed by atoms with van der Waals surface area (Å²) in [5.74, 6) is 1.29. The number of rotatable bonds is 2. The Morgan fingerprint density at radius 1 is 0.960 bits per heavy atom. The number of carbonyl (C=O) groups is 2. The molecule has 0 saturated heterocycles. The Labute approximate surface area is 143 Å². The minimum atomic E-state index is -0.294. The molecule has 0 atom stereocenters. The normalized spacial score (nSPS) is 15.3. The van der Waals surface area contributed by atoms with Crippen molar-refractivity contribution >= 4 is 23.2 Å². The van der Waals surface area contributed by atoms with E-state index in [1.165, 1.54) is 0 Å². The van der Waals surface area contributed by atoms with E-state index in [2.05, 4.69) is 10.6 Å². The third kappa shape index (κ3) is 3.21. The highest BCUT2D eigenvalue weighted by molar-refractivity contribution is 6.06. The van der Waals surface area contributed by atoms with Crippen molar-refractivity contribution in [2.45, 2.75) is 6.42 Å². The van der Waals surface area contributed by atoms with E-state index in [4.69, 9.17) is 14.2 Å². The van der Waals surface area contributed by atoms with E-state index < -0.39 is 0 Å². The van der Waals surface area contributed by atoms with Gasteiger partial charge in [-0.05, 0) is 30.3 Å². The van der Waals surface area contributed by atoms with Gasteiger partial charge in [0.1, 0.15) is 5.75 Å². The zero-order valence-corrected chi connectivity index (χ0v) is 13.3. The van der Waals surface area contributed by atoms with Gasteiger partial charge in [0.05, 0.1) is 18.9 Å². The average molecular weight is 340 g/mol. The average Bonchev–Trinajstić information content (AvgIpc) is 2.86. The van der Waals surface area contributed by atoms with Crippen LogP contribution in [0.4, 0.5) is 11.4 Å². The van der Waals surface area contributed by atoms with Crippen molar-refractivity contribution in [3.05, 3.63) is 42.0 Å². The molecule has 0 unspecified atom stereocenters. The summed E-state index contributed by atoms with van der Waals surface area (Å²) in [6.45, 7) is 1.17. The number of benzene rings is 2. The van der Waals surface area contributed by atoms with Gasteiger partial charge in [-0.25, -0.2) is 0 Å². The first-order valence-electron chi connectivity index (χ1n) is 7.97. The summed E-state index contributed by atoms with van der Waals surface area (Å²) in [6.07, 6.45) is 0.819. The number of carbonyl (C=O) groups excluding carboxylic acids is 2. The fourth-order valence-corrected chi connectivity index (χ4v) is 2.67. The van der Waals surface area contributed by atoms with Crippen molar-refractivity contribution < 1.29 is 23.8 Å². The molecule has 128 valence electrons. The molecule has 0 aromatic heterocycles. The Morgan fingerprint density at radius 2 is 1.76 bits per heavy atom. The summed E-state index contributed by atoms with van der Waals surface area (Å²) < 4.78 is 16.5. The molecule has 7 heteroatoms. The highest BCUT2D eigenvalue weighted by Crippen LogP contribution is 2.33. The lowest BCUT2D eigenvalue weighted by atomic mass is 10.1. The number of ether oxygens (including phenoxy) is 3. The predicted octanol–water partition coefficient (Wildman–Crippen LogP) is 2.43. The summed E-state index contributed by atoms with van der Waals surface area (Å²) in [6, 6.07) is 10.2. The van der Waals surface area contributed by atoms with Gasteiger partial charge in [-0.15, -0.1) is 0 Å². The third-order valence-electron chi connectivity index (χ3n) is 3.88. The molecule has 2 aliphatic heterocycles. The van der Waals surface area contributed by atoms with E-state index in [9.17, 15) is 9.59 Å². The Morgan fingerprint density at radius 3 is 2.64 bits per heavy atom. The fraction of sp³-hybridized carbons (Fsp3) is 0.222. The molecule has 0 radical (unpaired) electrons. The van der Waals surface area contributed by atoms with Crippen molar-refractivity contribution in [3.63, 3.8) is 0 Å². The van der Waals surface area contributed by atoms with E-state index >= 15 is 0 Å². The van der Waals surface area contributed by atoms with Crippen LogP contribution in [-0.4, -0.2) is 31.6 Å². The topological polar surface area (TPSA) is 85.9 Å². The molecule has 2 N–H and O–H groups in total. The monoisotopic (exact) mass is 340 g/mol. The molecular formula is C18H16N2O5. The summed E-state index contributed by atoms with van der Waals surface area (Å²) in [7, 11) is 0. The van der Waals surface area contributed by atoms with Gasteiger partial charge in [-0.3, -0.25) is 9.59 Å². The lowest BCUT2D eigenvalue weighted by Crippen LogP contribution is -2.25. The molecular weight excluding hydrogens is 324 g/mol. The maximum Gasteiger partial charge on any atom is 0.262 e. The van der Waals surface area contributed by atoms with Crippen LogP contribution in [0.3, 0.4) is 0 Å². The van der Waals surface area contributed by atoms with Gasteiger partial charge < -0.3 is 24.8 Å². The minimum absolute atomic E-state index is 0.0181. The zero-order valence-electron chi connectivity index (χ0n) is 13.3. The second kappa shape index (κ2) is 6.35. The van der Waals surface area contributed by atoms with E-state index in [0.29, 0.717) is 47.4 Å². The van der Waals surface area contributed by atoms with Crippen LogP contribution < -0.4 is 24.8 Å². The van der Waals surface area contributed by atoms with Crippen LogP contribution in [-0.2, 0) is 4.79 Å². The molecule has 2 aromatic rings. The van der Waals surface area contributed by atoms with Gasteiger partial charge >= 0.3 is 0 Å². The SMILES string of the molecule is O=C1COc2ccc(C(=O)Nc3ccc4c(c3)OCCCO4)cc2N1. The molecule has 2 aromatic carbocycles. The molecule has 2 heterocycles. The molecule has 0 bridgehead atoms. The van der Waals surface area contributed by atoms with E-state index in [0.717, 1.165) is 6.42 Å². The molecule has 0 saturated carbocycles. The van der Waals surface area contributed by atoms with E-state index in [-0.39, 0.29) is 18.4 Å². The predicted molar refractivity (Wildman–Crippen MR) is 90.6 cm³/mol. The van der Waals surface area contributed by atoms with Gasteiger partial charge in [0.25, 0.3) is 11.8 Å². The fourth-order valence-electron chi connectivity index (χ4n) is 2.67. The second-order valence-electron chi connectivity index (χ2n) is 5.71. The summed E-state index contributed by atoms with van der Waals surface area (Å²) in [5, 5.41) is 5.51. The van der Waals surface area contributed by atoms with Gasteiger partial charge in [-0.1, -0.05) is 0 Å². The molecule has 0 spiro atoms. The van der Waals surface area contributed by atoms with Crippen LogP contribution in [0.1, 0.15) is 16.8 Å². The van der Waals surface area contributed by atoms with Crippen LogP contribution in [0, 0.1) is 0 Å². The van der Waals surface area contributed by atoms with Crippen molar-refractivity contribution in [2.24, 2.45) is 0 Å².